The van der Waals surface area contributed by atoms with Crippen molar-refractivity contribution in [3.8, 4) is 0 Å². The number of rotatable bonds is 1. The van der Waals surface area contributed by atoms with Gasteiger partial charge < -0.3 is 4.42 Å². The maximum atomic E-state index is 4.47. The standard InChI is InChI=1S/C10H9N3.C3H3NO/c1-3-7-11-9(5-1)10-6-2-4-8-12-13-10;1-2-5-3-4-1/h1-8,12H;1-3H. The molecule has 0 amide bonds. The van der Waals surface area contributed by atoms with Gasteiger partial charge in [0.05, 0.1) is 11.9 Å². The first-order valence-electron chi connectivity index (χ1n) is 5.37. The van der Waals surface area contributed by atoms with E-state index in [0.29, 0.717) is 0 Å². The van der Waals surface area contributed by atoms with Crippen LogP contribution in [0.5, 0.6) is 0 Å². The first-order valence-corrected chi connectivity index (χ1v) is 5.37. The van der Waals surface area contributed by atoms with Gasteiger partial charge in [-0.25, -0.2) is 4.98 Å². The van der Waals surface area contributed by atoms with E-state index in [1.54, 1.807) is 18.6 Å². The van der Waals surface area contributed by atoms with Crippen LogP contribution in [0.2, 0.25) is 0 Å². The third kappa shape index (κ3) is 3.71. The van der Waals surface area contributed by atoms with Crippen LogP contribution in [0.15, 0.2) is 77.2 Å². The highest BCUT2D eigenvalue weighted by Gasteiger charge is 1.99. The van der Waals surface area contributed by atoms with Gasteiger partial charge in [-0.3, -0.25) is 10.4 Å². The lowest BCUT2D eigenvalue weighted by molar-refractivity contribution is 0.558. The zero-order valence-electron chi connectivity index (χ0n) is 9.60. The summed E-state index contributed by atoms with van der Waals surface area (Å²) in [5.74, 6) is 0. The largest absolute Gasteiger partial charge is 0.452 e. The highest BCUT2D eigenvalue weighted by atomic mass is 16.3. The molecule has 3 heterocycles. The quantitative estimate of drug-likeness (QED) is 0.829. The lowest BCUT2D eigenvalue weighted by Crippen LogP contribution is -2.04. The van der Waals surface area contributed by atoms with Gasteiger partial charge in [-0.1, -0.05) is 12.1 Å². The number of hydrogen-bond donors (Lipinski definition) is 1. The van der Waals surface area contributed by atoms with E-state index in [9.17, 15) is 0 Å². The van der Waals surface area contributed by atoms with E-state index >= 15 is 0 Å². The highest BCUT2D eigenvalue weighted by Crippen LogP contribution is 1.99. The molecule has 0 aromatic carbocycles. The SMILES string of the molecule is C1=CNN=C(c2ccccn2)C=C1.c1cocn1. The summed E-state index contributed by atoms with van der Waals surface area (Å²) in [5.41, 5.74) is 4.51. The van der Waals surface area contributed by atoms with Gasteiger partial charge in [0, 0.05) is 12.4 Å². The zero-order chi connectivity index (χ0) is 12.5. The molecule has 5 nitrogen and oxygen atoms in total. The minimum Gasteiger partial charge on any atom is -0.452 e. The second kappa shape index (κ2) is 6.80. The van der Waals surface area contributed by atoms with Crippen LogP contribution >= 0.6 is 0 Å². The zero-order valence-corrected chi connectivity index (χ0v) is 9.60. The van der Waals surface area contributed by atoms with Crippen LogP contribution in [-0.4, -0.2) is 15.7 Å². The van der Waals surface area contributed by atoms with Crippen LogP contribution in [0.3, 0.4) is 0 Å². The monoisotopic (exact) mass is 240 g/mol. The Morgan fingerprint density at radius 2 is 2.11 bits per heavy atom. The van der Waals surface area contributed by atoms with Gasteiger partial charge in [0.25, 0.3) is 0 Å². The number of hydrogen-bond acceptors (Lipinski definition) is 5. The number of nitrogens with one attached hydrogen (secondary N) is 1. The first-order chi connectivity index (χ1) is 8.97. The Kier molecular flexibility index (Phi) is 4.45. The lowest BCUT2D eigenvalue weighted by atomic mass is 10.2. The molecule has 0 spiro atoms. The number of oxazole rings is 1. The second-order valence-electron chi connectivity index (χ2n) is 3.24. The summed E-state index contributed by atoms with van der Waals surface area (Å²) in [6.45, 7) is 0. The summed E-state index contributed by atoms with van der Waals surface area (Å²) in [5, 5.41) is 4.12. The van der Waals surface area contributed by atoms with Crippen molar-refractivity contribution in [3.05, 3.63) is 73.4 Å². The molecule has 0 fully saturated rings. The molecule has 0 saturated heterocycles. The minimum atomic E-state index is 0.839. The van der Waals surface area contributed by atoms with E-state index in [4.69, 9.17) is 0 Å². The summed E-state index contributed by atoms with van der Waals surface area (Å²) in [7, 11) is 0. The Hall–Kier alpha value is -2.69. The van der Waals surface area contributed by atoms with Gasteiger partial charge in [-0.15, -0.1) is 0 Å². The van der Waals surface area contributed by atoms with E-state index in [0.717, 1.165) is 11.4 Å². The molecule has 0 atom stereocenters. The van der Waals surface area contributed by atoms with Gasteiger partial charge in [-0.2, -0.15) is 5.10 Å². The normalized spacial score (nSPS) is 12.8. The average Bonchev–Trinajstić information content (AvgIpc) is 2.90. The predicted molar refractivity (Wildman–Crippen MR) is 68.7 cm³/mol. The smallest absolute Gasteiger partial charge is 0.180 e. The number of pyridine rings is 1. The van der Waals surface area contributed by atoms with Crippen LogP contribution in [0.25, 0.3) is 0 Å². The van der Waals surface area contributed by atoms with Crippen LogP contribution in [0.4, 0.5) is 0 Å². The van der Waals surface area contributed by atoms with Crippen molar-refractivity contribution in [1.29, 1.82) is 0 Å². The summed E-state index contributed by atoms with van der Waals surface area (Å²) in [6.07, 6.45) is 13.7. The fraction of sp³-hybridized carbons (Fsp3) is 0. The third-order valence-corrected chi connectivity index (χ3v) is 2.00. The van der Waals surface area contributed by atoms with Crippen molar-refractivity contribution in [2.45, 2.75) is 0 Å². The lowest BCUT2D eigenvalue weighted by Gasteiger charge is -1.97. The molecule has 0 radical (unpaired) electrons. The molecule has 90 valence electrons. The van der Waals surface area contributed by atoms with Gasteiger partial charge in [0.15, 0.2) is 6.39 Å². The van der Waals surface area contributed by atoms with E-state index in [-0.39, 0.29) is 0 Å². The number of aromatic nitrogens is 2. The van der Waals surface area contributed by atoms with E-state index in [1.807, 2.05) is 36.4 Å². The molecular formula is C13H12N4O. The molecule has 1 aliphatic heterocycles. The minimum absolute atomic E-state index is 0.839. The van der Waals surface area contributed by atoms with Crippen molar-refractivity contribution in [2.24, 2.45) is 5.10 Å². The summed E-state index contributed by atoms with van der Waals surface area (Å²) in [4.78, 5) is 7.75. The van der Waals surface area contributed by atoms with Crippen LogP contribution in [0, 0.1) is 0 Å². The highest BCUT2D eigenvalue weighted by molar-refractivity contribution is 6.07. The number of hydrazone groups is 1. The Bertz CT molecular complexity index is 512. The molecule has 0 unspecified atom stereocenters. The Morgan fingerprint density at radius 1 is 1.11 bits per heavy atom. The van der Waals surface area contributed by atoms with E-state index in [1.165, 1.54) is 12.7 Å². The molecule has 0 bridgehead atoms. The molecule has 0 aliphatic carbocycles. The van der Waals surface area contributed by atoms with Crippen LogP contribution in [-0.2, 0) is 0 Å². The molecule has 1 N–H and O–H groups in total. The van der Waals surface area contributed by atoms with Crippen LogP contribution in [0.1, 0.15) is 5.69 Å². The molecule has 1 aliphatic rings. The van der Waals surface area contributed by atoms with Crippen LogP contribution < -0.4 is 5.43 Å². The fourth-order valence-electron chi connectivity index (χ4n) is 1.22. The van der Waals surface area contributed by atoms with Crippen molar-refractivity contribution < 1.29 is 4.42 Å². The first kappa shape index (κ1) is 11.8. The maximum Gasteiger partial charge on any atom is 0.180 e. The van der Waals surface area contributed by atoms with E-state index < -0.39 is 0 Å². The van der Waals surface area contributed by atoms with Gasteiger partial charge in [0.1, 0.15) is 12.0 Å². The molecule has 2 aromatic heterocycles. The Balaban J connectivity index is 0.000000202. The fourth-order valence-corrected chi connectivity index (χ4v) is 1.22. The van der Waals surface area contributed by atoms with Gasteiger partial charge in [-0.05, 0) is 24.3 Å². The Labute approximate surface area is 105 Å². The molecule has 18 heavy (non-hydrogen) atoms. The number of nitrogens with zero attached hydrogens (tertiary/aromatic N) is 3. The topological polar surface area (TPSA) is 63.3 Å². The maximum absolute atomic E-state index is 4.47. The summed E-state index contributed by atoms with van der Waals surface area (Å²) >= 11 is 0. The molecule has 0 saturated carbocycles. The van der Waals surface area contributed by atoms with Crippen molar-refractivity contribution in [3.63, 3.8) is 0 Å². The van der Waals surface area contributed by atoms with Crippen molar-refractivity contribution >= 4 is 5.71 Å². The summed E-state index contributed by atoms with van der Waals surface area (Å²) < 4.78 is 4.47. The second-order valence-corrected chi connectivity index (χ2v) is 3.24. The van der Waals surface area contributed by atoms with Gasteiger partial charge >= 0.3 is 0 Å². The molecule has 5 heteroatoms. The summed E-state index contributed by atoms with van der Waals surface area (Å²) in [6, 6.07) is 5.75. The molecule has 3 rings (SSSR count). The van der Waals surface area contributed by atoms with Crippen molar-refractivity contribution in [2.75, 3.05) is 0 Å². The Morgan fingerprint density at radius 3 is 2.78 bits per heavy atom. The van der Waals surface area contributed by atoms with E-state index in [2.05, 4.69) is 24.9 Å². The van der Waals surface area contributed by atoms with Gasteiger partial charge in [0.2, 0.25) is 0 Å². The third-order valence-electron chi connectivity index (χ3n) is 2.00. The van der Waals surface area contributed by atoms with Crippen molar-refractivity contribution in [1.82, 2.24) is 15.4 Å². The predicted octanol–water partition coefficient (Wildman–Crippen LogP) is 2.13. The number of allylic oxidation sites excluding steroid dienone is 3. The molecule has 2 aromatic rings. The average molecular weight is 240 g/mol. The molecular weight excluding hydrogens is 228 g/mol.